The van der Waals surface area contributed by atoms with Gasteiger partial charge in [0.1, 0.15) is 0 Å². The Bertz CT molecular complexity index is 834. The zero-order valence-corrected chi connectivity index (χ0v) is 14.3. The lowest BCUT2D eigenvalue weighted by Gasteiger charge is -2.16. The lowest BCUT2D eigenvalue weighted by atomic mass is 10.1. The molecule has 0 spiro atoms. The number of ether oxygens (including phenoxy) is 1. The van der Waals surface area contributed by atoms with Crippen molar-refractivity contribution < 1.29 is 19.1 Å². The van der Waals surface area contributed by atoms with Crippen LogP contribution in [0.15, 0.2) is 48.5 Å². The van der Waals surface area contributed by atoms with E-state index in [4.69, 9.17) is 4.74 Å². The van der Waals surface area contributed by atoms with Gasteiger partial charge in [-0.05, 0) is 17.7 Å². The molecule has 7 nitrogen and oxygen atoms in total. The number of nitrogens with one attached hydrogen (secondary N) is 2. The minimum Gasteiger partial charge on any atom is -0.380 e. The standard InChI is InChI=1S/C19H19N3O4/c1-26-12-14-7-3-5-9-16(14)21-18(24)15-8-4-2-6-13(15)11-22-17(23)10-20-19(22)25/h2-9H,10-12H2,1H3,(H,20,25)(H,21,24). The van der Waals surface area contributed by atoms with E-state index >= 15 is 0 Å². The van der Waals surface area contributed by atoms with Gasteiger partial charge in [0.25, 0.3) is 5.91 Å². The number of carbonyl (C=O) groups excluding carboxylic acids is 3. The van der Waals surface area contributed by atoms with Crippen LogP contribution in [-0.2, 0) is 22.7 Å². The van der Waals surface area contributed by atoms with Gasteiger partial charge in [-0.1, -0.05) is 36.4 Å². The average molecular weight is 353 g/mol. The van der Waals surface area contributed by atoms with Gasteiger partial charge in [0.15, 0.2) is 0 Å². The van der Waals surface area contributed by atoms with Gasteiger partial charge in [0, 0.05) is 23.9 Å². The van der Waals surface area contributed by atoms with Crippen molar-refractivity contribution in [1.82, 2.24) is 10.2 Å². The summed E-state index contributed by atoms with van der Waals surface area (Å²) in [5.41, 5.74) is 2.52. The molecule has 7 heteroatoms. The summed E-state index contributed by atoms with van der Waals surface area (Å²) < 4.78 is 5.15. The fourth-order valence-electron chi connectivity index (χ4n) is 2.78. The number of imide groups is 1. The number of nitrogens with zero attached hydrogens (tertiary/aromatic N) is 1. The molecule has 3 rings (SSSR count). The van der Waals surface area contributed by atoms with Crippen molar-refractivity contribution in [2.75, 3.05) is 19.0 Å². The molecular formula is C19H19N3O4. The Hall–Kier alpha value is -3.19. The van der Waals surface area contributed by atoms with Crippen molar-refractivity contribution in [3.63, 3.8) is 0 Å². The van der Waals surface area contributed by atoms with Gasteiger partial charge in [-0.15, -0.1) is 0 Å². The van der Waals surface area contributed by atoms with Crippen LogP contribution < -0.4 is 10.6 Å². The molecule has 0 aromatic heterocycles. The Morgan fingerprint density at radius 3 is 2.50 bits per heavy atom. The van der Waals surface area contributed by atoms with Gasteiger partial charge >= 0.3 is 6.03 Å². The van der Waals surface area contributed by atoms with Crippen LogP contribution in [-0.4, -0.2) is 36.4 Å². The van der Waals surface area contributed by atoms with E-state index in [9.17, 15) is 14.4 Å². The highest BCUT2D eigenvalue weighted by molar-refractivity contribution is 6.06. The molecule has 1 aliphatic rings. The molecule has 2 aromatic rings. The Morgan fingerprint density at radius 2 is 1.81 bits per heavy atom. The molecule has 1 fully saturated rings. The van der Waals surface area contributed by atoms with Gasteiger partial charge in [-0.2, -0.15) is 0 Å². The van der Waals surface area contributed by atoms with E-state index in [1.807, 2.05) is 18.2 Å². The normalized spacial score (nSPS) is 13.7. The molecule has 26 heavy (non-hydrogen) atoms. The van der Waals surface area contributed by atoms with Crippen molar-refractivity contribution in [2.24, 2.45) is 0 Å². The predicted octanol–water partition coefficient (Wildman–Crippen LogP) is 2.14. The lowest BCUT2D eigenvalue weighted by Crippen LogP contribution is -2.31. The zero-order chi connectivity index (χ0) is 18.5. The maximum Gasteiger partial charge on any atom is 0.324 e. The van der Waals surface area contributed by atoms with E-state index in [0.717, 1.165) is 10.5 Å². The molecule has 1 heterocycles. The SMILES string of the molecule is COCc1ccccc1NC(=O)c1ccccc1CN1C(=O)CNC1=O. The van der Waals surface area contributed by atoms with Crippen molar-refractivity contribution in [3.8, 4) is 0 Å². The molecule has 2 N–H and O–H groups in total. The number of carbonyl (C=O) groups is 3. The van der Waals surface area contributed by atoms with Gasteiger partial charge in [0.05, 0.1) is 19.7 Å². The molecule has 134 valence electrons. The minimum absolute atomic E-state index is 0.0163. The number of anilines is 1. The third-order valence-electron chi connectivity index (χ3n) is 4.09. The molecule has 0 aliphatic carbocycles. The Morgan fingerprint density at radius 1 is 1.12 bits per heavy atom. The molecular weight excluding hydrogens is 334 g/mol. The fraction of sp³-hybridized carbons (Fsp3) is 0.211. The maximum atomic E-state index is 12.8. The first-order valence-electron chi connectivity index (χ1n) is 8.14. The molecule has 4 amide bonds. The summed E-state index contributed by atoms with van der Waals surface area (Å²) in [6.45, 7) is 0.409. The van der Waals surface area contributed by atoms with Gasteiger partial charge in [-0.25, -0.2) is 4.79 Å². The second-order valence-electron chi connectivity index (χ2n) is 5.84. The number of hydrogen-bond donors (Lipinski definition) is 2. The van der Waals surface area contributed by atoms with Crippen LogP contribution in [0.1, 0.15) is 21.5 Å². The van der Waals surface area contributed by atoms with E-state index in [2.05, 4.69) is 10.6 Å². The maximum absolute atomic E-state index is 12.8. The highest BCUT2D eigenvalue weighted by atomic mass is 16.5. The van der Waals surface area contributed by atoms with E-state index < -0.39 is 6.03 Å². The summed E-state index contributed by atoms with van der Waals surface area (Å²) in [4.78, 5) is 37.4. The van der Waals surface area contributed by atoms with Crippen molar-refractivity contribution in [3.05, 3.63) is 65.2 Å². The summed E-state index contributed by atoms with van der Waals surface area (Å²) in [7, 11) is 1.59. The smallest absolute Gasteiger partial charge is 0.324 e. The second kappa shape index (κ2) is 7.79. The molecule has 1 saturated heterocycles. The Kier molecular flexibility index (Phi) is 5.28. The number of amides is 4. The second-order valence-corrected chi connectivity index (χ2v) is 5.84. The summed E-state index contributed by atoms with van der Waals surface area (Å²) in [5, 5.41) is 5.35. The summed E-state index contributed by atoms with van der Waals surface area (Å²) in [5.74, 6) is -0.619. The van der Waals surface area contributed by atoms with E-state index in [-0.39, 0.29) is 24.9 Å². The molecule has 0 saturated carbocycles. The first kappa shape index (κ1) is 17.6. The van der Waals surface area contributed by atoms with Crippen LogP contribution in [0.5, 0.6) is 0 Å². The number of rotatable bonds is 6. The number of urea groups is 1. The molecule has 1 aliphatic heterocycles. The third-order valence-corrected chi connectivity index (χ3v) is 4.09. The van der Waals surface area contributed by atoms with Crippen molar-refractivity contribution in [1.29, 1.82) is 0 Å². The van der Waals surface area contributed by atoms with E-state index in [1.54, 1.807) is 37.4 Å². The topological polar surface area (TPSA) is 87.7 Å². The fourth-order valence-corrected chi connectivity index (χ4v) is 2.78. The number of methoxy groups -OCH3 is 1. The van der Waals surface area contributed by atoms with Crippen LogP contribution in [0.25, 0.3) is 0 Å². The first-order valence-corrected chi connectivity index (χ1v) is 8.14. The Labute approximate surface area is 150 Å². The molecule has 0 radical (unpaired) electrons. The first-order chi connectivity index (χ1) is 12.6. The van der Waals surface area contributed by atoms with Gasteiger partial charge < -0.3 is 15.4 Å². The molecule has 0 atom stereocenters. The van der Waals surface area contributed by atoms with Crippen LogP contribution in [0.3, 0.4) is 0 Å². The number of benzene rings is 2. The van der Waals surface area contributed by atoms with Crippen LogP contribution in [0, 0.1) is 0 Å². The quantitative estimate of drug-likeness (QED) is 0.779. The predicted molar refractivity (Wildman–Crippen MR) is 95.5 cm³/mol. The summed E-state index contributed by atoms with van der Waals surface area (Å²) in [6.07, 6.45) is 0. The highest BCUT2D eigenvalue weighted by Gasteiger charge is 2.29. The molecule has 2 aromatic carbocycles. The van der Waals surface area contributed by atoms with Crippen LogP contribution >= 0.6 is 0 Å². The summed E-state index contributed by atoms with van der Waals surface area (Å²) in [6, 6.07) is 13.8. The lowest BCUT2D eigenvalue weighted by molar-refractivity contribution is -0.125. The largest absolute Gasteiger partial charge is 0.380 e. The Balaban J connectivity index is 1.82. The molecule has 0 bridgehead atoms. The van der Waals surface area contributed by atoms with Crippen molar-refractivity contribution in [2.45, 2.75) is 13.2 Å². The molecule has 0 unspecified atom stereocenters. The highest BCUT2D eigenvalue weighted by Crippen LogP contribution is 2.19. The van der Waals surface area contributed by atoms with E-state index in [1.165, 1.54) is 0 Å². The van der Waals surface area contributed by atoms with Crippen molar-refractivity contribution >= 4 is 23.5 Å². The van der Waals surface area contributed by atoms with Gasteiger partial charge in [-0.3, -0.25) is 14.5 Å². The zero-order valence-electron chi connectivity index (χ0n) is 14.3. The number of para-hydroxylation sites is 1. The minimum atomic E-state index is -0.448. The monoisotopic (exact) mass is 353 g/mol. The third kappa shape index (κ3) is 3.73. The van der Waals surface area contributed by atoms with E-state index in [0.29, 0.717) is 23.4 Å². The van der Waals surface area contributed by atoms with Gasteiger partial charge in [0.2, 0.25) is 5.91 Å². The van der Waals surface area contributed by atoms with Crippen LogP contribution in [0.4, 0.5) is 10.5 Å². The summed E-state index contributed by atoms with van der Waals surface area (Å²) >= 11 is 0. The number of hydrogen-bond acceptors (Lipinski definition) is 4. The average Bonchev–Trinajstić information content (AvgIpc) is 2.96. The van der Waals surface area contributed by atoms with Crippen LogP contribution in [0.2, 0.25) is 0 Å².